The molecule has 0 spiro atoms. The van der Waals surface area contributed by atoms with Crippen molar-refractivity contribution >= 4 is 5.97 Å². The van der Waals surface area contributed by atoms with Crippen molar-refractivity contribution in [2.45, 2.75) is 64.3 Å². The van der Waals surface area contributed by atoms with Gasteiger partial charge in [-0.2, -0.15) is 5.10 Å². The Labute approximate surface area is 177 Å². The summed E-state index contributed by atoms with van der Waals surface area (Å²) in [6.07, 6.45) is 9.62. The molecule has 156 valence electrons. The van der Waals surface area contributed by atoms with Crippen LogP contribution in [0.4, 0.5) is 0 Å². The molecule has 0 atom stereocenters. The lowest BCUT2D eigenvalue weighted by Gasteiger charge is -2.18. The minimum absolute atomic E-state index is 0.213. The molecule has 1 N–H and O–H groups in total. The van der Waals surface area contributed by atoms with Gasteiger partial charge in [0, 0.05) is 30.6 Å². The van der Waals surface area contributed by atoms with E-state index < -0.39 is 5.97 Å². The summed E-state index contributed by atoms with van der Waals surface area (Å²) >= 11 is 0. The van der Waals surface area contributed by atoms with Gasteiger partial charge in [0.25, 0.3) is 0 Å². The highest BCUT2D eigenvalue weighted by atomic mass is 16.4. The van der Waals surface area contributed by atoms with Crippen LogP contribution in [0.25, 0.3) is 11.3 Å². The second-order valence-corrected chi connectivity index (χ2v) is 8.02. The molecule has 2 aromatic heterocycles. The maximum atomic E-state index is 11.5. The van der Waals surface area contributed by atoms with Crippen LogP contribution in [0.3, 0.4) is 0 Å². The number of carboxylic acid groups (broad SMARTS) is 1. The Morgan fingerprint density at radius 2 is 1.90 bits per heavy atom. The normalized spacial score (nSPS) is 14.7. The first-order valence-electron chi connectivity index (χ1n) is 10.9. The number of aromatic nitrogens is 4. The predicted octanol–water partition coefficient (Wildman–Crippen LogP) is 5.09. The summed E-state index contributed by atoms with van der Waals surface area (Å²) in [5.74, 6) is 1.55. The second-order valence-electron chi connectivity index (χ2n) is 8.02. The van der Waals surface area contributed by atoms with E-state index in [-0.39, 0.29) is 5.56 Å². The van der Waals surface area contributed by atoms with E-state index in [0.717, 1.165) is 35.7 Å². The zero-order valence-electron chi connectivity index (χ0n) is 17.4. The molecule has 3 aromatic rings. The molecule has 6 heteroatoms. The molecule has 1 aromatic carbocycles. The first-order chi connectivity index (χ1) is 14.7. The highest BCUT2D eigenvalue weighted by Gasteiger charge is 2.21. The fraction of sp³-hybridized carbons (Fsp3) is 0.417. The largest absolute Gasteiger partial charge is 0.478 e. The lowest BCUT2D eigenvalue weighted by atomic mass is 9.89. The highest BCUT2D eigenvalue weighted by molar-refractivity contribution is 5.94. The number of benzene rings is 1. The summed E-state index contributed by atoms with van der Waals surface area (Å²) in [4.78, 5) is 20.7. The summed E-state index contributed by atoms with van der Waals surface area (Å²) in [6, 6.07) is 11.2. The fourth-order valence-electron chi connectivity index (χ4n) is 4.22. The smallest absolute Gasteiger partial charge is 0.337 e. The molecule has 30 heavy (non-hydrogen) atoms. The molecule has 1 saturated carbocycles. The van der Waals surface area contributed by atoms with Crippen molar-refractivity contribution < 1.29 is 9.90 Å². The molecular weight excluding hydrogens is 376 g/mol. The van der Waals surface area contributed by atoms with E-state index >= 15 is 0 Å². The van der Waals surface area contributed by atoms with Gasteiger partial charge in [0.1, 0.15) is 5.82 Å². The van der Waals surface area contributed by atoms with Crippen molar-refractivity contribution in [1.29, 1.82) is 0 Å². The Balaban J connectivity index is 1.56. The van der Waals surface area contributed by atoms with Crippen LogP contribution in [0, 0.1) is 0 Å². The van der Waals surface area contributed by atoms with Crippen LogP contribution in [-0.2, 0) is 13.0 Å². The molecule has 0 aliphatic heterocycles. The maximum Gasteiger partial charge on any atom is 0.337 e. The number of nitrogens with zero attached hydrogens (tertiary/aromatic N) is 4. The summed E-state index contributed by atoms with van der Waals surface area (Å²) < 4.78 is 2.07. The van der Waals surface area contributed by atoms with Crippen LogP contribution >= 0.6 is 0 Å². The number of carboxylic acids is 1. The van der Waals surface area contributed by atoms with Crippen LogP contribution in [0.15, 0.2) is 42.6 Å². The molecule has 1 aliphatic rings. The van der Waals surface area contributed by atoms with Crippen molar-refractivity contribution in [2.24, 2.45) is 0 Å². The number of rotatable bonds is 7. The Hall–Kier alpha value is -3.02. The molecule has 0 saturated heterocycles. The molecule has 0 unspecified atom stereocenters. The Morgan fingerprint density at radius 3 is 2.60 bits per heavy atom. The summed E-state index contributed by atoms with van der Waals surface area (Å²) in [5.41, 5.74) is 2.64. The van der Waals surface area contributed by atoms with Gasteiger partial charge in [-0.15, -0.1) is 0 Å². The average Bonchev–Trinajstić information content (AvgIpc) is 3.17. The van der Waals surface area contributed by atoms with E-state index in [0.29, 0.717) is 18.0 Å². The van der Waals surface area contributed by atoms with Gasteiger partial charge in [0.15, 0.2) is 5.82 Å². The van der Waals surface area contributed by atoms with E-state index in [1.807, 2.05) is 24.3 Å². The Bertz CT molecular complexity index is 1000. The van der Waals surface area contributed by atoms with Crippen LogP contribution in [0.1, 0.15) is 78.9 Å². The van der Waals surface area contributed by atoms with E-state index in [1.54, 1.807) is 18.3 Å². The lowest BCUT2D eigenvalue weighted by Crippen LogP contribution is -2.08. The number of hydrogen-bond acceptors (Lipinski definition) is 4. The minimum atomic E-state index is -0.968. The molecule has 0 bridgehead atoms. The monoisotopic (exact) mass is 404 g/mol. The van der Waals surface area contributed by atoms with E-state index in [1.165, 1.54) is 32.1 Å². The number of aryl methyl sites for hydroxylation is 1. The SMILES string of the molecule is CCCn1nc(C2CCCCC2)nc1Cc1ccc(-c2ncccc2C(=O)O)cc1. The molecule has 1 aliphatic carbocycles. The molecule has 0 radical (unpaired) electrons. The van der Waals surface area contributed by atoms with Crippen LogP contribution in [-0.4, -0.2) is 30.8 Å². The highest BCUT2D eigenvalue weighted by Crippen LogP contribution is 2.31. The third-order valence-electron chi connectivity index (χ3n) is 5.80. The summed E-state index contributed by atoms with van der Waals surface area (Å²) in [7, 11) is 0. The quantitative estimate of drug-likeness (QED) is 0.593. The molecular formula is C24H28N4O2. The first-order valence-corrected chi connectivity index (χ1v) is 10.9. The lowest BCUT2D eigenvalue weighted by molar-refractivity contribution is 0.0697. The topological polar surface area (TPSA) is 80.9 Å². The van der Waals surface area contributed by atoms with Crippen molar-refractivity contribution in [3.8, 4) is 11.3 Å². The van der Waals surface area contributed by atoms with Gasteiger partial charge in [-0.05, 0) is 37.0 Å². The maximum absolute atomic E-state index is 11.5. The van der Waals surface area contributed by atoms with Crippen molar-refractivity contribution in [3.63, 3.8) is 0 Å². The number of aromatic carboxylic acids is 1. The van der Waals surface area contributed by atoms with E-state index in [2.05, 4.69) is 16.6 Å². The Morgan fingerprint density at radius 1 is 1.13 bits per heavy atom. The van der Waals surface area contributed by atoms with Crippen LogP contribution < -0.4 is 0 Å². The standard InChI is InChI=1S/C24H28N4O2/c1-2-15-28-21(26-23(27-28)19-7-4-3-5-8-19)16-17-10-12-18(13-11-17)22-20(24(29)30)9-6-14-25-22/h6,9-14,19H,2-5,7-8,15-16H2,1H3,(H,29,30). The zero-order valence-corrected chi connectivity index (χ0v) is 17.4. The summed E-state index contributed by atoms with van der Waals surface area (Å²) in [5, 5.41) is 14.3. The molecule has 4 rings (SSSR count). The summed E-state index contributed by atoms with van der Waals surface area (Å²) in [6.45, 7) is 3.04. The van der Waals surface area contributed by atoms with Crippen LogP contribution in [0.2, 0.25) is 0 Å². The van der Waals surface area contributed by atoms with Gasteiger partial charge in [0.2, 0.25) is 0 Å². The zero-order chi connectivity index (χ0) is 20.9. The minimum Gasteiger partial charge on any atom is -0.478 e. The van der Waals surface area contributed by atoms with Gasteiger partial charge in [-0.3, -0.25) is 4.98 Å². The molecule has 1 fully saturated rings. The van der Waals surface area contributed by atoms with Crippen molar-refractivity contribution in [1.82, 2.24) is 19.7 Å². The third kappa shape index (κ3) is 4.42. The Kier molecular flexibility index (Phi) is 6.21. The van der Waals surface area contributed by atoms with Gasteiger partial charge in [-0.25, -0.2) is 14.5 Å². The van der Waals surface area contributed by atoms with Gasteiger partial charge in [-0.1, -0.05) is 50.5 Å². The number of hydrogen-bond donors (Lipinski definition) is 1. The van der Waals surface area contributed by atoms with Gasteiger partial charge >= 0.3 is 5.97 Å². The van der Waals surface area contributed by atoms with E-state index in [9.17, 15) is 9.90 Å². The van der Waals surface area contributed by atoms with Crippen LogP contribution in [0.5, 0.6) is 0 Å². The number of carbonyl (C=O) groups is 1. The van der Waals surface area contributed by atoms with Crippen molar-refractivity contribution in [2.75, 3.05) is 0 Å². The first kappa shape index (κ1) is 20.3. The fourth-order valence-corrected chi connectivity index (χ4v) is 4.22. The predicted molar refractivity (Wildman–Crippen MR) is 116 cm³/mol. The van der Waals surface area contributed by atoms with Gasteiger partial charge in [0.05, 0.1) is 11.3 Å². The average molecular weight is 405 g/mol. The molecule has 0 amide bonds. The third-order valence-corrected chi connectivity index (χ3v) is 5.80. The number of pyridine rings is 1. The van der Waals surface area contributed by atoms with Crippen molar-refractivity contribution in [3.05, 3.63) is 65.4 Å². The van der Waals surface area contributed by atoms with E-state index in [4.69, 9.17) is 10.1 Å². The van der Waals surface area contributed by atoms with Gasteiger partial charge < -0.3 is 5.11 Å². The molecule has 2 heterocycles. The molecule has 6 nitrogen and oxygen atoms in total. The second kappa shape index (κ2) is 9.20.